The van der Waals surface area contributed by atoms with E-state index in [4.69, 9.17) is 16.1 Å². The number of hydrogen-bond donors (Lipinski definition) is 1. The van der Waals surface area contributed by atoms with Gasteiger partial charge in [-0.1, -0.05) is 28.9 Å². The molecule has 3 heterocycles. The molecule has 1 fully saturated rings. The van der Waals surface area contributed by atoms with E-state index in [2.05, 4.69) is 25.3 Å². The van der Waals surface area contributed by atoms with Gasteiger partial charge < -0.3 is 14.4 Å². The van der Waals surface area contributed by atoms with Crippen LogP contribution in [0.15, 0.2) is 47.5 Å². The second-order valence-corrected chi connectivity index (χ2v) is 7.95. The van der Waals surface area contributed by atoms with Gasteiger partial charge in [0.1, 0.15) is 0 Å². The van der Waals surface area contributed by atoms with E-state index in [0.717, 1.165) is 44.5 Å². The van der Waals surface area contributed by atoms with Gasteiger partial charge in [-0.3, -0.25) is 9.69 Å². The average molecular weight is 429 g/mol. The molecule has 2 aromatic heterocycles. The highest BCUT2D eigenvalue weighted by molar-refractivity contribution is 6.30. The van der Waals surface area contributed by atoms with Crippen molar-refractivity contribution >= 4 is 17.5 Å². The summed E-state index contributed by atoms with van der Waals surface area (Å²) >= 11 is 6.03. The quantitative estimate of drug-likeness (QED) is 0.555. The van der Waals surface area contributed by atoms with E-state index in [-0.39, 0.29) is 11.8 Å². The maximum Gasteiger partial charge on any atom is 0.241 e. The fourth-order valence-electron chi connectivity index (χ4n) is 3.65. The molecule has 0 bridgehead atoms. The standard InChI is InChI=1S/C21H25ClN6O2/c22-18-4-1-3-17(13-18)20-25-19(30-26-20)14-27-10-5-16(6-11-27)21(29)24-7-2-9-28-12-8-23-15-28/h1,3-4,8,12-13,15-16H,2,5-7,9-11,14H2,(H,24,29). The van der Waals surface area contributed by atoms with Crippen molar-refractivity contribution in [1.29, 1.82) is 0 Å². The summed E-state index contributed by atoms with van der Waals surface area (Å²) in [4.78, 5) is 23.2. The fourth-order valence-corrected chi connectivity index (χ4v) is 3.84. The molecule has 0 unspecified atom stereocenters. The first-order valence-corrected chi connectivity index (χ1v) is 10.6. The van der Waals surface area contributed by atoms with Gasteiger partial charge in [0.05, 0.1) is 12.9 Å². The van der Waals surface area contributed by atoms with Gasteiger partial charge in [0.15, 0.2) is 0 Å². The Hall–Kier alpha value is -2.71. The summed E-state index contributed by atoms with van der Waals surface area (Å²) in [6.07, 6.45) is 8.05. The van der Waals surface area contributed by atoms with Crippen LogP contribution in [-0.4, -0.2) is 50.1 Å². The van der Waals surface area contributed by atoms with Crippen LogP contribution in [0.25, 0.3) is 11.4 Å². The van der Waals surface area contributed by atoms with Gasteiger partial charge in [-0.05, 0) is 44.5 Å². The molecule has 9 heteroatoms. The maximum absolute atomic E-state index is 12.4. The Morgan fingerprint density at radius 1 is 1.30 bits per heavy atom. The fraction of sp³-hybridized carbons (Fsp3) is 0.429. The van der Waals surface area contributed by atoms with Crippen LogP contribution in [0.5, 0.6) is 0 Å². The van der Waals surface area contributed by atoms with Crippen LogP contribution in [0.2, 0.25) is 5.02 Å². The summed E-state index contributed by atoms with van der Waals surface area (Å²) < 4.78 is 7.41. The van der Waals surface area contributed by atoms with Crippen molar-refractivity contribution in [2.75, 3.05) is 19.6 Å². The number of piperidine rings is 1. The summed E-state index contributed by atoms with van der Waals surface area (Å²) in [5.41, 5.74) is 0.834. The van der Waals surface area contributed by atoms with E-state index in [1.165, 1.54) is 0 Å². The lowest BCUT2D eigenvalue weighted by Gasteiger charge is -2.30. The lowest BCUT2D eigenvalue weighted by molar-refractivity contribution is -0.126. The third kappa shape index (κ3) is 5.46. The summed E-state index contributed by atoms with van der Waals surface area (Å²) in [6.45, 7) is 3.81. The molecule has 8 nitrogen and oxygen atoms in total. The molecule has 30 heavy (non-hydrogen) atoms. The number of halogens is 1. The first-order valence-electron chi connectivity index (χ1n) is 10.2. The van der Waals surface area contributed by atoms with Crippen LogP contribution in [-0.2, 0) is 17.9 Å². The second kappa shape index (κ2) is 9.86. The number of aromatic nitrogens is 4. The predicted molar refractivity (Wildman–Crippen MR) is 113 cm³/mol. The number of nitrogens with one attached hydrogen (secondary N) is 1. The largest absolute Gasteiger partial charge is 0.356 e. The molecule has 1 saturated heterocycles. The molecule has 0 spiro atoms. The van der Waals surface area contributed by atoms with Gasteiger partial charge in [0, 0.05) is 42.0 Å². The van der Waals surface area contributed by atoms with Crippen LogP contribution in [0.3, 0.4) is 0 Å². The third-order valence-corrected chi connectivity index (χ3v) is 5.55. The lowest BCUT2D eigenvalue weighted by Crippen LogP contribution is -2.40. The molecular weight excluding hydrogens is 404 g/mol. The van der Waals surface area contributed by atoms with Gasteiger partial charge in [-0.2, -0.15) is 4.98 Å². The van der Waals surface area contributed by atoms with Crippen LogP contribution >= 0.6 is 11.6 Å². The number of likely N-dealkylation sites (tertiary alicyclic amines) is 1. The monoisotopic (exact) mass is 428 g/mol. The number of aryl methyl sites for hydroxylation is 1. The number of rotatable bonds is 8. The molecule has 1 amide bonds. The Bertz CT molecular complexity index is 950. The van der Waals surface area contributed by atoms with Crippen molar-refractivity contribution in [2.24, 2.45) is 5.92 Å². The maximum atomic E-state index is 12.4. The van der Waals surface area contributed by atoms with Crippen LogP contribution in [0, 0.1) is 5.92 Å². The number of nitrogens with zero attached hydrogens (tertiary/aromatic N) is 5. The van der Waals surface area contributed by atoms with Gasteiger partial charge in [-0.25, -0.2) is 4.98 Å². The van der Waals surface area contributed by atoms with Crippen molar-refractivity contribution in [3.63, 3.8) is 0 Å². The molecule has 1 aromatic carbocycles. The van der Waals surface area contributed by atoms with Crippen LogP contribution < -0.4 is 5.32 Å². The Balaban J connectivity index is 1.19. The second-order valence-electron chi connectivity index (χ2n) is 7.52. The molecule has 1 aliphatic heterocycles. The Labute approximate surface area is 180 Å². The van der Waals surface area contributed by atoms with Crippen molar-refractivity contribution in [3.8, 4) is 11.4 Å². The highest BCUT2D eigenvalue weighted by Crippen LogP contribution is 2.22. The van der Waals surface area contributed by atoms with Crippen LogP contribution in [0.4, 0.5) is 0 Å². The number of amides is 1. The number of benzene rings is 1. The van der Waals surface area contributed by atoms with Gasteiger partial charge in [-0.15, -0.1) is 0 Å². The van der Waals surface area contributed by atoms with E-state index in [1.54, 1.807) is 12.5 Å². The zero-order valence-electron chi connectivity index (χ0n) is 16.7. The molecule has 0 saturated carbocycles. The third-order valence-electron chi connectivity index (χ3n) is 5.32. The highest BCUT2D eigenvalue weighted by atomic mass is 35.5. The molecule has 1 aliphatic rings. The van der Waals surface area contributed by atoms with Crippen molar-refractivity contribution in [1.82, 2.24) is 29.9 Å². The molecule has 4 rings (SSSR count). The van der Waals surface area contributed by atoms with Gasteiger partial charge in [0.25, 0.3) is 0 Å². The minimum atomic E-state index is 0.0687. The number of carbonyl (C=O) groups excluding carboxylic acids is 1. The number of hydrogen-bond acceptors (Lipinski definition) is 6. The number of imidazole rings is 1. The average Bonchev–Trinajstić information content (AvgIpc) is 3.44. The molecular formula is C21H25ClN6O2. The van der Waals surface area contributed by atoms with E-state index >= 15 is 0 Å². The van der Waals surface area contributed by atoms with E-state index < -0.39 is 0 Å². The van der Waals surface area contributed by atoms with Gasteiger partial charge in [0.2, 0.25) is 17.6 Å². The zero-order valence-corrected chi connectivity index (χ0v) is 17.5. The van der Waals surface area contributed by atoms with E-state index in [9.17, 15) is 4.79 Å². The zero-order chi connectivity index (χ0) is 20.8. The molecule has 158 valence electrons. The number of carbonyl (C=O) groups is 1. The van der Waals surface area contributed by atoms with Crippen molar-refractivity contribution < 1.29 is 9.32 Å². The molecule has 0 radical (unpaired) electrons. The summed E-state index contributed by atoms with van der Waals surface area (Å²) in [5.74, 6) is 1.34. The van der Waals surface area contributed by atoms with E-state index in [0.29, 0.717) is 29.8 Å². The molecule has 3 aromatic rings. The summed E-state index contributed by atoms with van der Waals surface area (Å²) in [7, 11) is 0. The first kappa shape index (κ1) is 20.6. The minimum Gasteiger partial charge on any atom is -0.356 e. The normalized spacial score (nSPS) is 15.4. The smallest absolute Gasteiger partial charge is 0.241 e. The SMILES string of the molecule is O=C(NCCCn1ccnc1)C1CCN(Cc2nc(-c3cccc(Cl)c3)no2)CC1. The minimum absolute atomic E-state index is 0.0687. The van der Waals surface area contributed by atoms with Crippen molar-refractivity contribution in [2.45, 2.75) is 32.4 Å². The Kier molecular flexibility index (Phi) is 6.76. The molecule has 0 atom stereocenters. The Morgan fingerprint density at radius 2 is 2.17 bits per heavy atom. The first-order chi connectivity index (χ1) is 14.7. The molecule has 0 aliphatic carbocycles. The molecule has 1 N–H and O–H groups in total. The van der Waals surface area contributed by atoms with Crippen molar-refractivity contribution in [3.05, 3.63) is 53.9 Å². The van der Waals surface area contributed by atoms with Gasteiger partial charge >= 0.3 is 0 Å². The van der Waals surface area contributed by atoms with E-state index in [1.807, 2.05) is 35.0 Å². The van der Waals surface area contributed by atoms with Crippen LogP contribution in [0.1, 0.15) is 25.2 Å². The Morgan fingerprint density at radius 3 is 2.93 bits per heavy atom. The lowest BCUT2D eigenvalue weighted by atomic mass is 9.96. The predicted octanol–water partition coefficient (Wildman–Crippen LogP) is 3.01. The topological polar surface area (TPSA) is 89.1 Å². The summed E-state index contributed by atoms with van der Waals surface area (Å²) in [5, 5.41) is 7.76. The highest BCUT2D eigenvalue weighted by Gasteiger charge is 2.25. The summed E-state index contributed by atoms with van der Waals surface area (Å²) in [6, 6.07) is 7.39.